The van der Waals surface area contributed by atoms with Crippen LogP contribution in [0.1, 0.15) is 57.0 Å². The average molecular weight is 334 g/mol. The quantitative estimate of drug-likeness (QED) is 0.748. The summed E-state index contributed by atoms with van der Waals surface area (Å²) in [6, 6.07) is 5.16. The summed E-state index contributed by atoms with van der Waals surface area (Å²) in [5.74, 6) is 0.0321. The minimum Gasteiger partial charge on any atom is -0.391 e. The average Bonchev–Trinajstić information content (AvgIpc) is 2.44. The lowest BCUT2D eigenvalue weighted by molar-refractivity contribution is -0.116. The molecule has 0 saturated heterocycles. The third-order valence-electron chi connectivity index (χ3n) is 3.81. The van der Waals surface area contributed by atoms with E-state index in [0.29, 0.717) is 23.6 Å². The third-order valence-corrected chi connectivity index (χ3v) is 3.81. The van der Waals surface area contributed by atoms with Crippen LogP contribution in [-0.4, -0.2) is 29.6 Å². The Bertz CT molecular complexity index is 589. The zero-order valence-electron chi connectivity index (χ0n) is 15.6. The number of aliphatic hydroxyl groups excluding tert-OH is 1. The SMILES string of the molecule is Cc1cc(C(=O)NCC(O)C(C)(C)C)ccc1NC(=O)CC(C)C. The van der Waals surface area contributed by atoms with E-state index in [0.717, 1.165) is 5.56 Å². The molecule has 0 aliphatic heterocycles. The first-order valence-corrected chi connectivity index (χ1v) is 8.37. The number of aryl methyl sites for hydroxylation is 1. The van der Waals surface area contributed by atoms with Crippen molar-refractivity contribution in [3.8, 4) is 0 Å². The summed E-state index contributed by atoms with van der Waals surface area (Å²) in [7, 11) is 0. The van der Waals surface area contributed by atoms with E-state index in [9.17, 15) is 14.7 Å². The predicted octanol–water partition coefficient (Wildman–Crippen LogP) is 3.12. The molecule has 0 aliphatic rings. The van der Waals surface area contributed by atoms with Gasteiger partial charge in [-0.05, 0) is 42.0 Å². The topological polar surface area (TPSA) is 78.4 Å². The van der Waals surface area contributed by atoms with E-state index >= 15 is 0 Å². The largest absolute Gasteiger partial charge is 0.391 e. The van der Waals surface area contributed by atoms with Gasteiger partial charge in [0.2, 0.25) is 5.91 Å². The molecule has 1 atom stereocenters. The van der Waals surface area contributed by atoms with Crippen molar-refractivity contribution in [3.63, 3.8) is 0 Å². The van der Waals surface area contributed by atoms with Crippen molar-refractivity contribution >= 4 is 17.5 Å². The summed E-state index contributed by atoms with van der Waals surface area (Å²) < 4.78 is 0. The van der Waals surface area contributed by atoms with Crippen LogP contribution in [0.4, 0.5) is 5.69 Å². The lowest BCUT2D eigenvalue weighted by Gasteiger charge is -2.25. The van der Waals surface area contributed by atoms with Gasteiger partial charge in [0.05, 0.1) is 6.10 Å². The maximum Gasteiger partial charge on any atom is 0.251 e. The van der Waals surface area contributed by atoms with Crippen molar-refractivity contribution in [1.82, 2.24) is 5.32 Å². The van der Waals surface area contributed by atoms with Crippen LogP contribution in [0.25, 0.3) is 0 Å². The lowest BCUT2D eigenvalue weighted by Crippen LogP contribution is -2.39. The van der Waals surface area contributed by atoms with Gasteiger partial charge in [0.15, 0.2) is 0 Å². The number of amides is 2. The number of carbonyl (C=O) groups is 2. The second-order valence-corrected chi connectivity index (χ2v) is 7.77. The van der Waals surface area contributed by atoms with Crippen molar-refractivity contribution in [3.05, 3.63) is 29.3 Å². The van der Waals surface area contributed by atoms with Crippen LogP contribution < -0.4 is 10.6 Å². The van der Waals surface area contributed by atoms with Gasteiger partial charge in [0.25, 0.3) is 5.91 Å². The molecule has 1 rings (SSSR count). The Hall–Kier alpha value is -1.88. The highest BCUT2D eigenvalue weighted by molar-refractivity contribution is 5.96. The molecule has 2 amide bonds. The number of hydrogen-bond acceptors (Lipinski definition) is 3. The number of anilines is 1. The van der Waals surface area contributed by atoms with Gasteiger partial charge in [-0.1, -0.05) is 34.6 Å². The van der Waals surface area contributed by atoms with Crippen LogP contribution in [0.15, 0.2) is 18.2 Å². The fourth-order valence-electron chi connectivity index (χ4n) is 2.11. The fourth-order valence-corrected chi connectivity index (χ4v) is 2.11. The van der Waals surface area contributed by atoms with Crippen molar-refractivity contribution in [2.24, 2.45) is 11.3 Å². The van der Waals surface area contributed by atoms with E-state index in [1.54, 1.807) is 18.2 Å². The Morgan fingerprint density at radius 3 is 2.33 bits per heavy atom. The van der Waals surface area contributed by atoms with Crippen molar-refractivity contribution in [2.75, 3.05) is 11.9 Å². The molecular weight excluding hydrogens is 304 g/mol. The Balaban J connectivity index is 2.70. The van der Waals surface area contributed by atoms with E-state index < -0.39 is 6.10 Å². The van der Waals surface area contributed by atoms with Crippen LogP contribution >= 0.6 is 0 Å². The maximum atomic E-state index is 12.2. The van der Waals surface area contributed by atoms with Crippen molar-refractivity contribution in [2.45, 2.75) is 54.1 Å². The first-order valence-electron chi connectivity index (χ1n) is 8.37. The van der Waals surface area contributed by atoms with Crippen LogP contribution in [0, 0.1) is 18.3 Å². The predicted molar refractivity (Wildman–Crippen MR) is 97.1 cm³/mol. The molecule has 134 valence electrons. The second kappa shape index (κ2) is 8.29. The molecule has 0 bridgehead atoms. The molecular formula is C19H30N2O3. The van der Waals surface area contributed by atoms with Crippen LogP contribution in [-0.2, 0) is 4.79 Å². The Morgan fingerprint density at radius 1 is 1.21 bits per heavy atom. The Morgan fingerprint density at radius 2 is 1.83 bits per heavy atom. The van der Waals surface area contributed by atoms with Gasteiger partial charge in [-0.25, -0.2) is 0 Å². The summed E-state index contributed by atoms with van der Waals surface area (Å²) in [6.07, 6.45) is -0.149. The molecule has 5 heteroatoms. The molecule has 1 aromatic rings. The summed E-state index contributed by atoms with van der Waals surface area (Å²) >= 11 is 0. The highest BCUT2D eigenvalue weighted by Gasteiger charge is 2.22. The van der Waals surface area contributed by atoms with E-state index in [-0.39, 0.29) is 23.8 Å². The number of hydrogen-bond donors (Lipinski definition) is 3. The molecule has 0 heterocycles. The van der Waals surface area contributed by atoms with Crippen LogP contribution in [0.5, 0.6) is 0 Å². The Kier molecular flexibility index (Phi) is 6.96. The number of nitrogens with one attached hydrogen (secondary N) is 2. The lowest BCUT2D eigenvalue weighted by atomic mass is 9.89. The van der Waals surface area contributed by atoms with E-state index in [1.807, 2.05) is 41.5 Å². The van der Waals surface area contributed by atoms with Crippen molar-refractivity contribution in [1.29, 1.82) is 0 Å². The zero-order valence-corrected chi connectivity index (χ0v) is 15.6. The molecule has 3 N–H and O–H groups in total. The molecule has 0 saturated carbocycles. The second-order valence-electron chi connectivity index (χ2n) is 7.77. The summed E-state index contributed by atoms with van der Waals surface area (Å²) in [4.78, 5) is 24.0. The number of carbonyl (C=O) groups excluding carboxylic acids is 2. The molecule has 5 nitrogen and oxygen atoms in total. The minimum absolute atomic E-state index is 0.0291. The van der Waals surface area contributed by atoms with Gasteiger partial charge in [-0.3, -0.25) is 9.59 Å². The smallest absolute Gasteiger partial charge is 0.251 e. The summed E-state index contributed by atoms with van der Waals surface area (Å²) in [5.41, 5.74) is 1.77. The molecule has 24 heavy (non-hydrogen) atoms. The van der Waals surface area contributed by atoms with Gasteiger partial charge < -0.3 is 15.7 Å². The number of rotatable bonds is 6. The fraction of sp³-hybridized carbons (Fsp3) is 0.579. The van der Waals surface area contributed by atoms with E-state index in [4.69, 9.17) is 0 Å². The highest BCUT2D eigenvalue weighted by atomic mass is 16.3. The molecule has 1 unspecified atom stereocenters. The summed E-state index contributed by atoms with van der Waals surface area (Å²) in [6.45, 7) is 11.8. The molecule has 0 spiro atoms. The van der Waals surface area contributed by atoms with Crippen LogP contribution in [0.3, 0.4) is 0 Å². The molecule has 0 aromatic heterocycles. The van der Waals surface area contributed by atoms with Crippen LogP contribution in [0.2, 0.25) is 0 Å². The molecule has 0 radical (unpaired) electrons. The standard InChI is InChI=1S/C19H30N2O3/c1-12(2)9-17(23)21-15-8-7-14(10-13(15)3)18(24)20-11-16(22)19(4,5)6/h7-8,10,12,16,22H,9,11H2,1-6H3,(H,20,24)(H,21,23). The summed E-state index contributed by atoms with van der Waals surface area (Å²) in [5, 5.41) is 15.6. The highest BCUT2D eigenvalue weighted by Crippen LogP contribution is 2.19. The van der Waals surface area contributed by atoms with E-state index in [2.05, 4.69) is 10.6 Å². The normalized spacial score (nSPS) is 12.8. The number of aliphatic hydroxyl groups is 1. The monoisotopic (exact) mass is 334 g/mol. The van der Waals surface area contributed by atoms with Gasteiger partial charge in [-0.15, -0.1) is 0 Å². The first-order chi connectivity index (χ1) is 11.0. The van der Waals surface area contributed by atoms with Gasteiger partial charge in [-0.2, -0.15) is 0 Å². The first kappa shape index (κ1) is 20.2. The van der Waals surface area contributed by atoms with Crippen molar-refractivity contribution < 1.29 is 14.7 Å². The minimum atomic E-state index is -0.614. The zero-order chi connectivity index (χ0) is 18.5. The Labute approximate surface area is 144 Å². The molecule has 1 aromatic carbocycles. The van der Waals surface area contributed by atoms with Gasteiger partial charge in [0.1, 0.15) is 0 Å². The molecule has 0 aliphatic carbocycles. The molecule has 0 fully saturated rings. The maximum absolute atomic E-state index is 12.2. The number of benzene rings is 1. The third kappa shape index (κ3) is 6.32. The van der Waals surface area contributed by atoms with Gasteiger partial charge in [0, 0.05) is 24.2 Å². The van der Waals surface area contributed by atoms with Gasteiger partial charge >= 0.3 is 0 Å². The van der Waals surface area contributed by atoms with E-state index in [1.165, 1.54) is 0 Å².